The molecule has 0 radical (unpaired) electrons. The number of hydrogen-bond donors (Lipinski definition) is 3. The highest BCUT2D eigenvalue weighted by molar-refractivity contribution is 5.94. The molecule has 1 aliphatic rings. The van der Waals surface area contributed by atoms with Crippen molar-refractivity contribution in [2.45, 2.75) is 38.1 Å². The van der Waals surface area contributed by atoms with E-state index in [1.807, 2.05) is 6.07 Å². The highest BCUT2D eigenvalue weighted by Gasteiger charge is 2.30. The van der Waals surface area contributed by atoms with Crippen molar-refractivity contribution in [1.82, 2.24) is 10.6 Å². The van der Waals surface area contributed by atoms with Crippen LogP contribution in [0.1, 0.15) is 41.6 Å². The van der Waals surface area contributed by atoms with Gasteiger partial charge in [-0.05, 0) is 43.4 Å². The number of amides is 2. The molecule has 0 heterocycles. The number of nitrogens with one attached hydrogen (secondary N) is 2. The van der Waals surface area contributed by atoms with Crippen LogP contribution in [-0.2, 0) is 16.0 Å². The van der Waals surface area contributed by atoms with Crippen LogP contribution in [0.4, 0.5) is 0 Å². The van der Waals surface area contributed by atoms with Crippen molar-refractivity contribution in [3.63, 3.8) is 0 Å². The van der Waals surface area contributed by atoms with Crippen LogP contribution in [0, 0.1) is 5.92 Å². The fourth-order valence-corrected chi connectivity index (χ4v) is 2.91. The van der Waals surface area contributed by atoms with Gasteiger partial charge < -0.3 is 15.7 Å². The summed E-state index contributed by atoms with van der Waals surface area (Å²) in [5.74, 6) is -1.36. The molecule has 6 nitrogen and oxygen atoms in total. The normalized spacial score (nSPS) is 20.0. The van der Waals surface area contributed by atoms with E-state index in [9.17, 15) is 14.4 Å². The molecule has 1 aliphatic carbocycles. The third-order valence-electron chi connectivity index (χ3n) is 4.20. The maximum atomic E-state index is 12.0. The van der Waals surface area contributed by atoms with Gasteiger partial charge in [-0.25, -0.2) is 0 Å². The third kappa shape index (κ3) is 4.81. The molecule has 1 saturated carbocycles. The van der Waals surface area contributed by atoms with Crippen LogP contribution < -0.4 is 10.6 Å². The van der Waals surface area contributed by atoms with Crippen molar-refractivity contribution in [3.05, 3.63) is 35.4 Å². The van der Waals surface area contributed by atoms with E-state index < -0.39 is 5.97 Å². The summed E-state index contributed by atoms with van der Waals surface area (Å²) in [4.78, 5) is 34.5. The lowest BCUT2D eigenvalue weighted by Gasteiger charge is -2.12. The molecule has 0 spiro atoms. The lowest BCUT2D eigenvalue weighted by Crippen LogP contribution is -2.33. The Labute approximate surface area is 135 Å². The standard InChI is InChI=1S/C17H22N2O4/c1-18-16(21)12-4-2-3-11(9-12)5-8-15(20)19-14-7-6-13(10-14)17(22)23/h2-4,9,13-14H,5-8,10H2,1H3,(H,18,21)(H,19,20)(H,22,23)/t13-,14+/m0/s1. The lowest BCUT2D eigenvalue weighted by atomic mass is 10.1. The lowest BCUT2D eigenvalue weighted by molar-refractivity contribution is -0.141. The summed E-state index contributed by atoms with van der Waals surface area (Å²) < 4.78 is 0. The van der Waals surface area contributed by atoms with Gasteiger partial charge in [-0.2, -0.15) is 0 Å². The number of carbonyl (C=O) groups excluding carboxylic acids is 2. The van der Waals surface area contributed by atoms with E-state index in [0.29, 0.717) is 31.2 Å². The van der Waals surface area contributed by atoms with E-state index in [1.165, 1.54) is 0 Å². The first-order valence-electron chi connectivity index (χ1n) is 7.82. The molecule has 2 atom stereocenters. The van der Waals surface area contributed by atoms with E-state index in [0.717, 1.165) is 12.0 Å². The minimum absolute atomic E-state index is 0.0409. The minimum Gasteiger partial charge on any atom is -0.481 e. The van der Waals surface area contributed by atoms with Crippen molar-refractivity contribution < 1.29 is 19.5 Å². The van der Waals surface area contributed by atoms with Crippen LogP contribution in [0.15, 0.2) is 24.3 Å². The molecule has 0 saturated heterocycles. The second-order valence-corrected chi connectivity index (χ2v) is 5.89. The molecule has 1 fully saturated rings. The Morgan fingerprint density at radius 2 is 2.04 bits per heavy atom. The Hall–Kier alpha value is -2.37. The van der Waals surface area contributed by atoms with Crippen molar-refractivity contribution in [1.29, 1.82) is 0 Å². The van der Waals surface area contributed by atoms with Gasteiger partial charge in [0, 0.05) is 25.1 Å². The SMILES string of the molecule is CNC(=O)c1cccc(CCC(=O)N[C@@H]2CC[C@H](C(=O)O)C2)c1. The Morgan fingerprint density at radius 1 is 1.26 bits per heavy atom. The van der Waals surface area contributed by atoms with Gasteiger partial charge in [-0.3, -0.25) is 14.4 Å². The van der Waals surface area contributed by atoms with Crippen LogP contribution >= 0.6 is 0 Å². The van der Waals surface area contributed by atoms with Gasteiger partial charge >= 0.3 is 5.97 Å². The molecule has 3 N–H and O–H groups in total. The van der Waals surface area contributed by atoms with E-state index in [4.69, 9.17) is 5.11 Å². The van der Waals surface area contributed by atoms with Gasteiger partial charge in [-0.15, -0.1) is 0 Å². The highest BCUT2D eigenvalue weighted by atomic mass is 16.4. The molecule has 2 rings (SSSR count). The highest BCUT2D eigenvalue weighted by Crippen LogP contribution is 2.25. The molecule has 124 valence electrons. The van der Waals surface area contributed by atoms with Crippen molar-refractivity contribution >= 4 is 17.8 Å². The average molecular weight is 318 g/mol. The first-order chi connectivity index (χ1) is 11.0. The molecule has 2 amide bonds. The van der Waals surface area contributed by atoms with Crippen LogP contribution in [0.2, 0.25) is 0 Å². The average Bonchev–Trinajstić information content (AvgIpc) is 3.01. The van der Waals surface area contributed by atoms with E-state index >= 15 is 0 Å². The van der Waals surface area contributed by atoms with Gasteiger partial charge in [0.15, 0.2) is 0 Å². The van der Waals surface area contributed by atoms with Gasteiger partial charge in [0.1, 0.15) is 0 Å². The summed E-state index contributed by atoms with van der Waals surface area (Å²) in [6.07, 6.45) is 2.72. The van der Waals surface area contributed by atoms with Crippen molar-refractivity contribution in [3.8, 4) is 0 Å². The summed E-state index contributed by atoms with van der Waals surface area (Å²) in [6.45, 7) is 0. The fourth-order valence-electron chi connectivity index (χ4n) is 2.91. The van der Waals surface area contributed by atoms with Crippen LogP contribution in [-0.4, -0.2) is 36.0 Å². The maximum absolute atomic E-state index is 12.0. The maximum Gasteiger partial charge on any atom is 0.306 e. The Morgan fingerprint density at radius 3 is 2.70 bits per heavy atom. The van der Waals surface area contributed by atoms with Gasteiger partial charge in [0.25, 0.3) is 5.91 Å². The molecule has 0 bridgehead atoms. The number of rotatable bonds is 6. The Balaban J connectivity index is 1.81. The number of hydrogen-bond acceptors (Lipinski definition) is 3. The summed E-state index contributed by atoms with van der Waals surface area (Å²) in [6, 6.07) is 7.15. The van der Waals surface area contributed by atoms with Crippen LogP contribution in [0.3, 0.4) is 0 Å². The van der Waals surface area contributed by atoms with Gasteiger partial charge in [0.05, 0.1) is 5.92 Å². The molecule has 0 aliphatic heterocycles. The van der Waals surface area contributed by atoms with Crippen molar-refractivity contribution in [2.24, 2.45) is 5.92 Å². The monoisotopic (exact) mass is 318 g/mol. The Bertz CT molecular complexity index is 600. The smallest absolute Gasteiger partial charge is 0.306 e. The number of aryl methyl sites for hydroxylation is 1. The molecular formula is C17H22N2O4. The summed E-state index contributed by atoms with van der Waals surface area (Å²) in [7, 11) is 1.58. The van der Waals surface area contributed by atoms with Crippen molar-refractivity contribution in [2.75, 3.05) is 7.05 Å². The fraction of sp³-hybridized carbons (Fsp3) is 0.471. The van der Waals surface area contributed by atoms with Crippen LogP contribution in [0.5, 0.6) is 0 Å². The molecular weight excluding hydrogens is 296 g/mol. The predicted octanol–water partition coefficient (Wildman–Crippen LogP) is 1.35. The topological polar surface area (TPSA) is 95.5 Å². The number of carboxylic acids is 1. The molecule has 0 unspecified atom stereocenters. The molecule has 6 heteroatoms. The number of aliphatic carboxylic acids is 1. The number of carbonyl (C=O) groups is 3. The number of benzene rings is 1. The zero-order valence-electron chi connectivity index (χ0n) is 13.2. The first-order valence-corrected chi connectivity index (χ1v) is 7.82. The second-order valence-electron chi connectivity index (χ2n) is 5.89. The summed E-state index contributed by atoms with van der Waals surface area (Å²) in [5.41, 5.74) is 1.50. The van der Waals surface area contributed by atoms with Gasteiger partial charge in [0.2, 0.25) is 5.91 Å². The summed E-state index contributed by atoms with van der Waals surface area (Å²) >= 11 is 0. The second kappa shape index (κ2) is 7.76. The number of carboxylic acid groups (broad SMARTS) is 1. The van der Waals surface area contributed by atoms with E-state index in [2.05, 4.69) is 10.6 Å². The third-order valence-corrected chi connectivity index (χ3v) is 4.20. The largest absolute Gasteiger partial charge is 0.481 e. The first kappa shape index (κ1) is 17.0. The van der Waals surface area contributed by atoms with E-state index in [1.54, 1.807) is 25.2 Å². The molecule has 1 aromatic rings. The Kier molecular flexibility index (Phi) is 5.73. The molecule has 1 aromatic carbocycles. The van der Waals surface area contributed by atoms with Crippen LogP contribution in [0.25, 0.3) is 0 Å². The summed E-state index contributed by atoms with van der Waals surface area (Å²) in [5, 5.41) is 14.4. The predicted molar refractivity (Wildman–Crippen MR) is 85.1 cm³/mol. The zero-order valence-corrected chi connectivity index (χ0v) is 13.2. The minimum atomic E-state index is -0.784. The van der Waals surface area contributed by atoms with Gasteiger partial charge in [-0.1, -0.05) is 12.1 Å². The molecule has 23 heavy (non-hydrogen) atoms. The van der Waals surface area contributed by atoms with E-state index in [-0.39, 0.29) is 23.8 Å². The quantitative estimate of drug-likeness (QED) is 0.738. The zero-order chi connectivity index (χ0) is 16.8. The molecule has 0 aromatic heterocycles.